The number of guanidine groups is 1. The van der Waals surface area contributed by atoms with Gasteiger partial charge >= 0.3 is 0 Å². The highest BCUT2D eigenvalue weighted by Gasteiger charge is 2.04. The van der Waals surface area contributed by atoms with Gasteiger partial charge in [-0.25, -0.2) is 4.99 Å². The molecule has 0 saturated heterocycles. The number of benzene rings is 1. The Morgan fingerprint density at radius 1 is 1.11 bits per heavy atom. The lowest BCUT2D eigenvalue weighted by Gasteiger charge is -2.12. The Balaban J connectivity index is 1.72. The molecular formula is C19H29N7O. The van der Waals surface area contributed by atoms with Gasteiger partial charge in [0.1, 0.15) is 18.7 Å². The predicted molar refractivity (Wildman–Crippen MR) is 107 cm³/mol. The first-order valence-electron chi connectivity index (χ1n) is 9.42. The number of aromatic nitrogens is 3. The minimum absolute atomic E-state index is 0.0878. The van der Waals surface area contributed by atoms with Crippen molar-refractivity contribution in [1.29, 1.82) is 0 Å². The van der Waals surface area contributed by atoms with E-state index in [0.29, 0.717) is 19.0 Å². The van der Waals surface area contributed by atoms with Crippen LogP contribution in [0.25, 0.3) is 0 Å². The van der Waals surface area contributed by atoms with Crippen LogP contribution in [0.15, 0.2) is 41.7 Å². The van der Waals surface area contributed by atoms with Gasteiger partial charge in [0.2, 0.25) is 5.91 Å². The van der Waals surface area contributed by atoms with E-state index < -0.39 is 0 Å². The second kappa shape index (κ2) is 11.7. The van der Waals surface area contributed by atoms with Crippen molar-refractivity contribution in [2.24, 2.45) is 4.99 Å². The van der Waals surface area contributed by atoms with Crippen LogP contribution >= 0.6 is 0 Å². The number of aryl methyl sites for hydroxylation is 1. The summed E-state index contributed by atoms with van der Waals surface area (Å²) in [5.74, 6) is 1.49. The molecule has 8 heteroatoms. The van der Waals surface area contributed by atoms with Crippen molar-refractivity contribution < 1.29 is 4.79 Å². The summed E-state index contributed by atoms with van der Waals surface area (Å²) in [6.07, 6.45) is 3.38. The van der Waals surface area contributed by atoms with Crippen molar-refractivity contribution in [3.63, 3.8) is 0 Å². The SMILES string of the molecule is CCNC(=NCC(=O)NCCc1ccccc1)NCCn1cnnc1CC. The average molecular weight is 371 g/mol. The van der Waals surface area contributed by atoms with Gasteiger partial charge in [-0.15, -0.1) is 10.2 Å². The molecule has 146 valence electrons. The van der Waals surface area contributed by atoms with Gasteiger partial charge in [0.25, 0.3) is 0 Å². The van der Waals surface area contributed by atoms with E-state index >= 15 is 0 Å². The summed E-state index contributed by atoms with van der Waals surface area (Å²) < 4.78 is 2.01. The van der Waals surface area contributed by atoms with Gasteiger partial charge in [0.15, 0.2) is 5.96 Å². The number of aliphatic imine (C=N–C) groups is 1. The quantitative estimate of drug-likeness (QED) is 0.423. The van der Waals surface area contributed by atoms with E-state index in [1.807, 2.05) is 29.7 Å². The van der Waals surface area contributed by atoms with Crippen LogP contribution < -0.4 is 16.0 Å². The highest BCUT2D eigenvalue weighted by atomic mass is 16.1. The molecule has 0 aliphatic heterocycles. The molecule has 0 fully saturated rings. The van der Waals surface area contributed by atoms with Gasteiger partial charge in [-0.1, -0.05) is 37.3 Å². The Hall–Kier alpha value is -2.90. The molecule has 27 heavy (non-hydrogen) atoms. The van der Waals surface area contributed by atoms with Crippen LogP contribution in [0.1, 0.15) is 25.2 Å². The Kier molecular flexibility index (Phi) is 8.82. The summed E-state index contributed by atoms with van der Waals surface area (Å²) >= 11 is 0. The lowest BCUT2D eigenvalue weighted by atomic mass is 10.1. The molecule has 0 spiro atoms. The largest absolute Gasteiger partial charge is 0.357 e. The van der Waals surface area contributed by atoms with E-state index in [1.165, 1.54) is 5.56 Å². The maximum absolute atomic E-state index is 12.0. The number of amides is 1. The van der Waals surface area contributed by atoms with Crippen molar-refractivity contribution in [3.8, 4) is 0 Å². The molecule has 0 atom stereocenters. The fourth-order valence-corrected chi connectivity index (χ4v) is 2.57. The first kappa shape index (κ1) is 20.4. The van der Waals surface area contributed by atoms with E-state index in [2.05, 4.69) is 50.2 Å². The van der Waals surface area contributed by atoms with Gasteiger partial charge in [-0.3, -0.25) is 4.79 Å². The van der Waals surface area contributed by atoms with Crippen molar-refractivity contribution in [1.82, 2.24) is 30.7 Å². The molecule has 1 amide bonds. The van der Waals surface area contributed by atoms with Crippen LogP contribution in [0.4, 0.5) is 0 Å². The van der Waals surface area contributed by atoms with E-state index in [-0.39, 0.29) is 12.5 Å². The third-order valence-electron chi connectivity index (χ3n) is 3.96. The predicted octanol–water partition coefficient (Wildman–Crippen LogP) is 0.755. The molecule has 1 aromatic heterocycles. The van der Waals surface area contributed by atoms with Crippen LogP contribution in [0.3, 0.4) is 0 Å². The van der Waals surface area contributed by atoms with Crippen LogP contribution in [0, 0.1) is 0 Å². The molecule has 8 nitrogen and oxygen atoms in total. The van der Waals surface area contributed by atoms with E-state index in [0.717, 1.165) is 31.8 Å². The zero-order valence-electron chi connectivity index (χ0n) is 16.1. The molecule has 1 heterocycles. The summed E-state index contributed by atoms with van der Waals surface area (Å²) in [6, 6.07) is 10.1. The number of hydrogen-bond acceptors (Lipinski definition) is 4. The molecular weight excluding hydrogens is 342 g/mol. The number of nitrogens with zero attached hydrogens (tertiary/aromatic N) is 4. The lowest BCUT2D eigenvalue weighted by molar-refractivity contribution is -0.119. The van der Waals surface area contributed by atoms with Crippen molar-refractivity contribution in [2.75, 3.05) is 26.2 Å². The Morgan fingerprint density at radius 2 is 1.93 bits per heavy atom. The molecule has 0 saturated carbocycles. The Morgan fingerprint density at radius 3 is 2.67 bits per heavy atom. The molecule has 0 aliphatic carbocycles. The standard InChI is InChI=1S/C19H29N7O/c1-3-17-25-24-15-26(17)13-12-22-19(20-4-2)23-14-18(27)21-11-10-16-8-6-5-7-9-16/h5-9,15H,3-4,10-14H2,1-2H3,(H,21,27)(H2,20,22,23). The molecule has 1 aromatic carbocycles. The van der Waals surface area contributed by atoms with Gasteiger partial charge in [0.05, 0.1) is 0 Å². The minimum Gasteiger partial charge on any atom is -0.357 e. The van der Waals surface area contributed by atoms with Gasteiger partial charge in [-0.2, -0.15) is 0 Å². The number of carbonyl (C=O) groups is 1. The molecule has 2 rings (SSSR count). The lowest BCUT2D eigenvalue weighted by Crippen LogP contribution is -2.40. The Labute approximate surface area is 160 Å². The van der Waals surface area contributed by atoms with Crippen molar-refractivity contribution in [2.45, 2.75) is 33.2 Å². The van der Waals surface area contributed by atoms with Gasteiger partial charge in [0, 0.05) is 32.6 Å². The third-order valence-corrected chi connectivity index (χ3v) is 3.96. The second-order valence-electron chi connectivity index (χ2n) is 6.00. The maximum Gasteiger partial charge on any atom is 0.241 e. The number of hydrogen-bond donors (Lipinski definition) is 3. The third kappa shape index (κ3) is 7.47. The summed E-state index contributed by atoms with van der Waals surface area (Å²) in [7, 11) is 0. The second-order valence-corrected chi connectivity index (χ2v) is 6.00. The minimum atomic E-state index is -0.0878. The zero-order chi connectivity index (χ0) is 19.3. The molecule has 0 radical (unpaired) electrons. The topological polar surface area (TPSA) is 96.2 Å². The first-order valence-corrected chi connectivity index (χ1v) is 9.42. The Bertz CT molecular complexity index is 712. The van der Waals surface area contributed by atoms with E-state index in [4.69, 9.17) is 0 Å². The highest BCUT2D eigenvalue weighted by Crippen LogP contribution is 1.98. The van der Waals surface area contributed by atoms with Crippen LogP contribution in [-0.2, 0) is 24.2 Å². The van der Waals surface area contributed by atoms with Gasteiger partial charge in [-0.05, 0) is 18.9 Å². The molecule has 2 aromatic rings. The van der Waals surface area contributed by atoms with Crippen molar-refractivity contribution >= 4 is 11.9 Å². The van der Waals surface area contributed by atoms with Crippen molar-refractivity contribution in [3.05, 3.63) is 48.0 Å². The molecule has 0 unspecified atom stereocenters. The monoisotopic (exact) mass is 371 g/mol. The summed E-state index contributed by atoms with van der Waals surface area (Å²) in [5, 5.41) is 17.3. The first-order chi connectivity index (χ1) is 13.2. The molecule has 0 aliphatic rings. The highest BCUT2D eigenvalue weighted by molar-refractivity contribution is 5.84. The summed E-state index contributed by atoms with van der Waals surface area (Å²) in [4.78, 5) is 16.3. The summed E-state index contributed by atoms with van der Waals surface area (Å²) in [5.41, 5.74) is 1.21. The zero-order valence-corrected chi connectivity index (χ0v) is 16.1. The molecule has 3 N–H and O–H groups in total. The van der Waals surface area contributed by atoms with E-state index in [1.54, 1.807) is 6.33 Å². The van der Waals surface area contributed by atoms with Crippen LogP contribution in [0.2, 0.25) is 0 Å². The molecule has 0 bridgehead atoms. The summed E-state index contributed by atoms with van der Waals surface area (Å²) in [6.45, 7) is 6.89. The normalized spacial score (nSPS) is 11.3. The average Bonchev–Trinajstić information content (AvgIpc) is 3.14. The number of carbonyl (C=O) groups excluding carboxylic acids is 1. The van der Waals surface area contributed by atoms with Crippen LogP contribution in [-0.4, -0.2) is 52.8 Å². The smallest absolute Gasteiger partial charge is 0.241 e. The van der Waals surface area contributed by atoms with Crippen LogP contribution in [0.5, 0.6) is 0 Å². The number of rotatable bonds is 10. The fraction of sp³-hybridized carbons (Fsp3) is 0.474. The van der Waals surface area contributed by atoms with E-state index in [9.17, 15) is 4.79 Å². The maximum atomic E-state index is 12.0. The fourth-order valence-electron chi connectivity index (χ4n) is 2.57. The van der Waals surface area contributed by atoms with Gasteiger partial charge < -0.3 is 20.5 Å². The number of nitrogens with one attached hydrogen (secondary N) is 3.